The van der Waals surface area contributed by atoms with Crippen LogP contribution in [0.25, 0.3) is 0 Å². The van der Waals surface area contributed by atoms with E-state index in [1.54, 1.807) is 0 Å². The van der Waals surface area contributed by atoms with Gasteiger partial charge < -0.3 is 4.57 Å². The molecule has 2 aromatic rings. The van der Waals surface area contributed by atoms with Gasteiger partial charge in [-0.15, -0.1) is 0 Å². The minimum atomic E-state index is 0.414. The van der Waals surface area contributed by atoms with Crippen LogP contribution < -0.4 is 0 Å². The normalized spacial score (nSPS) is 33.9. The second kappa shape index (κ2) is 4.46. The number of nitrogens with zero attached hydrogens (tertiary/aromatic N) is 2. The summed E-state index contributed by atoms with van der Waals surface area (Å²) >= 11 is 0. The fourth-order valence-corrected chi connectivity index (χ4v) is 4.66. The van der Waals surface area contributed by atoms with Crippen molar-refractivity contribution >= 4 is 0 Å². The lowest BCUT2D eigenvalue weighted by Crippen LogP contribution is -2.28. The Hall–Kier alpha value is -1.58. The zero-order valence-corrected chi connectivity index (χ0v) is 12.1. The summed E-state index contributed by atoms with van der Waals surface area (Å²) < 4.78 is 2.52. The van der Waals surface area contributed by atoms with E-state index in [4.69, 9.17) is 4.84 Å². The van der Waals surface area contributed by atoms with E-state index in [1.165, 1.54) is 30.5 Å². The van der Waals surface area contributed by atoms with Crippen molar-refractivity contribution in [1.29, 1.82) is 0 Å². The topological polar surface area (TPSA) is 17.4 Å². The van der Waals surface area contributed by atoms with Gasteiger partial charge >= 0.3 is 0 Å². The fraction of sp³-hybridized carbons (Fsp3) is 0.444. The predicted molar refractivity (Wildman–Crippen MR) is 80.4 cm³/mol. The minimum Gasteiger partial charge on any atom is -0.346 e. The summed E-state index contributed by atoms with van der Waals surface area (Å²) in [5, 5.41) is 2.25. The Morgan fingerprint density at radius 2 is 1.95 bits per heavy atom. The molecule has 0 bridgehead atoms. The molecule has 4 atom stereocenters. The van der Waals surface area contributed by atoms with Crippen molar-refractivity contribution in [1.82, 2.24) is 9.63 Å². The Balaban J connectivity index is 1.52. The fourth-order valence-electron chi connectivity index (χ4n) is 4.66. The van der Waals surface area contributed by atoms with E-state index in [0.29, 0.717) is 24.1 Å². The number of fused-ring (bicyclic) bond motifs is 3. The summed E-state index contributed by atoms with van der Waals surface area (Å²) in [5.41, 5.74) is 2.78. The Labute approximate surface area is 125 Å². The first-order valence-electron chi connectivity index (χ1n) is 8.06. The number of hydroxylamine groups is 2. The average Bonchev–Trinajstić information content (AvgIpc) is 3.17. The van der Waals surface area contributed by atoms with Gasteiger partial charge in [-0.05, 0) is 37.0 Å². The Kier molecular flexibility index (Phi) is 2.55. The summed E-state index contributed by atoms with van der Waals surface area (Å²) in [7, 11) is 0. The van der Waals surface area contributed by atoms with Crippen LogP contribution in [0.4, 0.5) is 0 Å². The molecule has 3 aliphatic rings. The van der Waals surface area contributed by atoms with Gasteiger partial charge in [0, 0.05) is 30.4 Å². The van der Waals surface area contributed by atoms with Gasteiger partial charge in [-0.3, -0.25) is 4.84 Å². The smallest absolute Gasteiger partial charge is 0.0861 e. The molecule has 0 spiro atoms. The first kappa shape index (κ1) is 12.0. The zero-order valence-electron chi connectivity index (χ0n) is 12.1. The van der Waals surface area contributed by atoms with Crippen LogP contribution in [0, 0.1) is 5.92 Å². The third-order valence-electron chi connectivity index (χ3n) is 5.46. The molecule has 0 amide bonds. The van der Waals surface area contributed by atoms with Crippen molar-refractivity contribution in [2.24, 2.45) is 5.92 Å². The van der Waals surface area contributed by atoms with Crippen LogP contribution in [0.1, 0.15) is 42.6 Å². The van der Waals surface area contributed by atoms with Crippen LogP contribution in [0.5, 0.6) is 0 Å². The van der Waals surface area contributed by atoms with E-state index in [1.807, 2.05) is 0 Å². The molecular weight excluding hydrogens is 260 g/mol. The van der Waals surface area contributed by atoms with E-state index in [0.717, 1.165) is 6.54 Å². The molecule has 0 unspecified atom stereocenters. The lowest BCUT2D eigenvalue weighted by molar-refractivity contribution is -0.176. The molecule has 5 rings (SSSR count). The first-order valence-corrected chi connectivity index (χ1v) is 8.06. The Bertz CT molecular complexity index is 650. The Morgan fingerprint density at radius 3 is 2.86 bits per heavy atom. The van der Waals surface area contributed by atoms with Crippen LogP contribution in [-0.2, 0) is 11.4 Å². The van der Waals surface area contributed by atoms with E-state index in [9.17, 15) is 0 Å². The number of rotatable bonds is 2. The highest BCUT2D eigenvalue weighted by Crippen LogP contribution is 2.56. The standard InChI is InChI=1S/C18H20N2O/c1-2-6-13(7-3-1)12-20-18-15-9-5-11-19(15)14-8-4-10-16(21-20)17(14)18/h1-3,5-7,9,11,14,16-18H,4,8,10,12H2/t14-,16+,17-,18-/m0/s1. The summed E-state index contributed by atoms with van der Waals surface area (Å²) in [4.78, 5) is 6.35. The molecule has 1 aromatic carbocycles. The molecule has 2 aliphatic heterocycles. The van der Waals surface area contributed by atoms with E-state index < -0.39 is 0 Å². The maximum absolute atomic E-state index is 6.35. The largest absolute Gasteiger partial charge is 0.346 e. The van der Waals surface area contributed by atoms with Gasteiger partial charge in [0.2, 0.25) is 0 Å². The van der Waals surface area contributed by atoms with Gasteiger partial charge in [-0.1, -0.05) is 30.3 Å². The summed E-state index contributed by atoms with van der Waals surface area (Å²) in [5.74, 6) is 0.652. The second-order valence-corrected chi connectivity index (χ2v) is 6.57. The molecule has 1 aromatic heterocycles. The number of hydrogen-bond donors (Lipinski definition) is 0. The lowest BCUT2D eigenvalue weighted by Gasteiger charge is -2.29. The molecule has 1 saturated heterocycles. The molecule has 1 aliphatic carbocycles. The predicted octanol–water partition coefficient (Wildman–Crippen LogP) is 3.70. The van der Waals surface area contributed by atoms with E-state index in [-0.39, 0.29) is 0 Å². The van der Waals surface area contributed by atoms with Gasteiger partial charge in [-0.25, -0.2) is 0 Å². The molecule has 3 heteroatoms. The van der Waals surface area contributed by atoms with Gasteiger partial charge in [0.1, 0.15) is 0 Å². The van der Waals surface area contributed by atoms with Crippen molar-refractivity contribution in [3.63, 3.8) is 0 Å². The quantitative estimate of drug-likeness (QED) is 0.834. The third kappa shape index (κ3) is 1.68. The second-order valence-electron chi connectivity index (χ2n) is 6.57. The van der Waals surface area contributed by atoms with Crippen LogP contribution in [0.15, 0.2) is 48.7 Å². The number of benzene rings is 1. The molecule has 3 heterocycles. The first-order chi connectivity index (χ1) is 10.4. The van der Waals surface area contributed by atoms with E-state index in [2.05, 4.69) is 58.3 Å². The summed E-state index contributed by atoms with van der Waals surface area (Å²) in [6, 6.07) is 16.2. The number of hydrogen-bond acceptors (Lipinski definition) is 2. The summed E-state index contributed by atoms with van der Waals surface area (Å²) in [6.07, 6.45) is 6.49. The molecule has 21 heavy (non-hydrogen) atoms. The maximum Gasteiger partial charge on any atom is 0.0861 e. The van der Waals surface area contributed by atoms with Gasteiger partial charge in [-0.2, -0.15) is 5.06 Å². The average molecular weight is 280 g/mol. The Morgan fingerprint density at radius 1 is 1.05 bits per heavy atom. The van der Waals surface area contributed by atoms with Gasteiger partial charge in [0.05, 0.1) is 12.1 Å². The zero-order chi connectivity index (χ0) is 13.8. The van der Waals surface area contributed by atoms with Crippen molar-refractivity contribution < 1.29 is 4.84 Å². The molecule has 0 N–H and O–H groups in total. The van der Waals surface area contributed by atoms with Gasteiger partial charge in [0.25, 0.3) is 0 Å². The molecule has 2 fully saturated rings. The van der Waals surface area contributed by atoms with Crippen molar-refractivity contribution in [2.45, 2.75) is 44.0 Å². The van der Waals surface area contributed by atoms with Crippen LogP contribution in [0.3, 0.4) is 0 Å². The highest BCUT2D eigenvalue weighted by atomic mass is 16.7. The van der Waals surface area contributed by atoms with Crippen molar-refractivity contribution in [3.8, 4) is 0 Å². The number of aromatic nitrogens is 1. The maximum atomic E-state index is 6.35. The van der Waals surface area contributed by atoms with Crippen LogP contribution >= 0.6 is 0 Å². The molecule has 1 saturated carbocycles. The van der Waals surface area contributed by atoms with Crippen LogP contribution in [0.2, 0.25) is 0 Å². The highest BCUT2D eigenvalue weighted by Gasteiger charge is 2.54. The van der Waals surface area contributed by atoms with Gasteiger partial charge in [0.15, 0.2) is 0 Å². The monoisotopic (exact) mass is 280 g/mol. The molecular formula is C18H20N2O. The van der Waals surface area contributed by atoms with Crippen molar-refractivity contribution in [3.05, 3.63) is 59.9 Å². The summed E-state index contributed by atoms with van der Waals surface area (Å²) in [6.45, 7) is 0.885. The van der Waals surface area contributed by atoms with Crippen LogP contribution in [-0.4, -0.2) is 15.7 Å². The molecule has 0 radical (unpaired) electrons. The lowest BCUT2D eigenvalue weighted by atomic mass is 9.80. The van der Waals surface area contributed by atoms with E-state index >= 15 is 0 Å². The molecule has 108 valence electrons. The highest BCUT2D eigenvalue weighted by molar-refractivity contribution is 5.24. The van der Waals surface area contributed by atoms with Crippen molar-refractivity contribution in [2.75, 3.05) is 0 Å². The third-order valence-corrected chi connectivity index (χ3v) is 5.46. The minimum absolute atomic E-state index is 0.414. The molecule has 3 nitrogen and oxygen atoms in total. The SMILES string of the molecule is c1ccc(CN2O[C@@H]3CCC[C@H]4[C@@H]3[C@@H]2c2cccn24)cc1.